The highest BCUT2D eigenvalue weighted by molar-refractivity contribution is 7.80. The van der Waals surface area contributed by atoms with E-state index in [4.69, 9.17) is 9.47 Å². The molecule has 0 atom stereocenters. The van der Waals surface area contributed by atoms with Crippen molar-refractivity contribution in [1.82, 2.24) is 0 Å². The third kappa shape index (κ3) is 7.35. The topological polar surface area (TPSA) is 18.5 Å². The van der Waals surface area contributed by atoms with Crippen LogP contribution in [0.4, 0.5) is 0 Å². The molecule has 8 aromatic carbocycles. The summed E-state index contributed by atoms with van der Waals surface area (Å²) < 4.78 is 9.89. The maximum absolute atomic E-state index is 4.94. The lowest BCUT2D eigenvalue weighted by Gasteiger charge is -2.28. The minimum Gasteiger partial charge on any atom is -0.377 e. The summed E-state index contributed by atoms with van der Waals surface area (Å²) in [6, 6.07) is 71.8. The zero-order chi connectivity index (χ0) is 35.0. The van der Waals surface area contributed by atoms with Gasteiger partial charge < -0.3 is 9.47 Å². The molecule has 0 N–H and O–H groups in total. The van der Waals surface area contributed by atoms with Crippen molar-refractivity contribution in [3.8, 4) is 11.1 Å². The summed E-state index contributed by atoms with van der Waals surface area (Å²) in [7, 11) is -1.70. The number of hydrogen-bond donors (Lipinski definition) is 0. The summed E-state index contributed by atoms with van der Waals surface area (Å²) in [6.07, 6.45) is 0. The second-order valence-electron chi connectivity index (χ2n) is 12.6. The highest BCUT2D eigenvalue weighted by Gasteiger charge is 2.28. The molecule has 52 heavy (non-hydrogen) atoms. The average Bonchev–Trinajstić information content (AvgIpc) is 3.23. The zero-order valence-corrected chi connectivity index (χ0v) is 30.8. The van der Waals surface area contributed by atoms with Crippen LogP contribution in [0.3, 0.4) is 0 Å². The molecule has 4 heteroatoms. The molecule has 1 saturated heterocycles. The van der Waals surface area contributed by atoms with E-state index in [0.29, 0.717) is 0 Å². The maximum Gasteiger partial charge on any atom is 0.0701 e. The highest BCUT2D eigenvalue weighted by atomic mass is 31.1. The van der Waals surface area contributed by atoms with Gasteiger partial charge in [0.15, 0.2) is 0 Å². The van der Waals surface area contributed by atoms with E-state index in [1.807, 2.05) is 0 Å². The first-order chi connectivity index (χ1) is 25.9. The first kappa shape index (κ1) is 34.2. The van der Waals surface area contributed by atoms with Crippen LogP contribution in [0, 0.1) is 0 Å². The van der Waals surface area contributed by atoms with E-state index in [1.54, 1.807) is 0 Å². The molecular formula is C48H40O2P2. The van der Waals surface area contributed by atoms with E-state index >= 15 is 0 Å². The van der Waals surface area contributed by atoms with Crippen LogP contribution < -0.4 is 31.8 Å². The fourth-order valence-corrected chi connectivity index (χ4v) is 12.0. The normalized spacial score (nSPS) is 12.9. The number of fused-ring (bicyclic) bond motifs is 2. The van der Waals surface area contributed by atoms with Gasteiger partial charge in [0.2, 0.25) is 0 Å². The minimum absolute atomic E-state index is 0.778. The van der Waals surface area contributed by atoms with Gasteiger partial charge in [0, 0.05) is 0 Å². The van der Waals surface area contributed by atoms with Gasteiger partial charge in [0.25, 0.3) is 0 Å². The van der Waals surface area contributed by atoms with Gasteiger partial charge in [0.1, 0.15) is 0 Å². The second-order valence-corrected chi connectivity index (χ2v) is 17.0. The van der Waals surface area contributed by atoms with Crippen LogP contribution in [0.5, 0.6) is 0 Å². The van der Waals surface area contributed by atoms with Gasteiger partial charge >= 0.3 is 0 Å². The predicted octanol–water partition coefficient (Wildman–Crippen LogP) is 9.21. The highest BCUT2D eigenvalue weighted by Crippen LogP contribution is 2.45. The smallest absolute Gasteiger partial charge is 0.0701 e. The molecule has 1 heterocycles. The standard InChI is InChI=1S/C44H32P2.C4H8O2/c1-5-19-35(20-6-1)45(36-21-7-2-8-22-36)41-31-29-33-17-13-15-27-39(33)43(41)44-40-28-16-14-18-34(40)30-32-42(44)46(37-23-9-3-10-24-37)38-25-11-4-12-26-38;1-2-6-4-3-5-1/h1-32H;1-4H2. The van der Waals surface area contributed by atoms with Crippen LogP contribution >= 0.6 is 15.8 Å². The summed E-state index contributed by atoms with van der Waals surface area (Å²) >= 11 is 0. The van der Waals surface area contributed by atoms with Gasteiger partial charge in [-0.2, -0.15) is 0 Å². The Morgan fingerprint density at radius 1 is 0.288 bits per heavy atom. The molecule has 0 saturated carbocycles. The van der Waals surface area contributed by atoms with E-state index < -0.39 is 15.8 Å². The molecule has 0 aliphatic carbocycles. The van der Waals surface area contributed by atoms with E-state index in [2.05, 4.69) is 194 Å². The van der Waals surface area contributed by atoms with Crippen molar-refractivity contribution >= 4 is 69.2 Å². The largest absolute Gasteiger partial charge is 0.377 e. The Morgan fingerprint density at radius 3 is 0.885 bits per heavy atom. The van der Waals surface area contributed by atoms with Gasteiger partial charge in [-0.3, -0.25) is 0 Å². The van der Waals surface area contributed by atoms with Crippen molar-refractivity contribution in [2.24, 2.45) is 0 Å². The fourth-order valence-electron chi connectivity index (χ4n) is 7.02. The van der Waals surface area contributed by atoms with Gasteiger partial charge in [0.05, 0.1) is 26.4 Å². The monoisotopic (exact) mass is 710 g/mol. The molecule has 1 aliphatic rings. The van der Waals surface area contributed by atoms with Crippen molar-refractivity contribution in [3.05, 3.63) is 194 Å². The van der Waals surface area contributed by atoms with Crippen molar-refractivity contribution in [2.75, 3.05) is 26.4 Å². The van der Waals surface area contributed by atoms with Crippen LogP contribution in [0.1, 0.15) is 0 Å². The molecule has 1 aliphatic heterocycles. The molecular weight excluding hydrogens is 670 g/mol. The van der Waals surface area contributed by atoms with Crippen LogP contribution in [0.2, 0.25) is 0 Å². The lowest BCUT2D eigenvalue weighted by atomic mass is 9.93. The quantitative estimate of drug-likeness (QED) is 0.154. The molecule has 0 unspecified atom stereocenters. The van der Waals surface area contributed by atoms with Crippen molar-refractivity contribution < 1.29 is 9.47 Å². The van der Waals surface area contributed by atoms with Crippen LogP contribution in [-0.2, 0) is 9.47 Å². The van der Waals surface area contributed by atoms with E-state index in [1.165, 1.54) is 64.5 Å². The molecule has 1 fully saturated rings. The Kier molecular flexibility index (Phi) is 10.9. The Balaban J connectivity index is 0.000000588. The number of benzene rings is 8. The predicted molar refractivity (Wildman–Crippen MR) is 226 cm³/mol. The summed E-state index contributed by atoms with van der Waals surface area (Å²) in [5.41, 5.74) is 2.70. The third-order valence-electron chi connectivity index (χ3n) is 9.35. The Hall–Kier alpha value is -4.94. The molecule has 0 bridgehead atoms. The number of rotatable bonds is 7. The minimum atomic E-state index is -0.852. The van der Waals surface area contributed by atoms with Gasteiger partial charge in [-0.15, -0.1) is 0 Å². The maximum atomic E-state index is 4.94. The van der Waals surface area contributed by atoms with Crippen molar-refractivity contribution in [2.45, 2.75) is 0 Å². The van der Waals surface area contributed by atoms with Crippen LogP contribution in [0.25, 0.3) is 32.7 Å². The molecule has 8 aromatic rings. The van der Waals surface area contributed by atoms with E-state index in [0.717, 1.165) is 26.4 Å². The summed E-state index contributed by atoms with van der Waals surface area (Å²) in [4.78, 5) is 0. The van der Waals surface area contributed by atoms with E-state index in [9.17, 15) is 0 Å². The molecule has 254 valence electrons. The zero-order valence-electron chi connectivity index (χ0n) is 29.0. The molecule has 9 rings (SSSR count). The molecule has 0 aromatic heterocycles. The third-order valence-corrected chi connectivity index (χ3v) is 14.3. The SMILES string of the molecule is C1COCCO1.c1ccc(P(c2ccccc2)c2ccc3ccccc3c2-c2c(P(c3ccccc3)c3ccccc3)ccc3ccccc23)cc1. The lowest BCUT2D eigenvalue weighted by molar-refractivity contribution is -0.0334. The van der Waals surface area contributed by atoms with Gasteiger partial charge in [-0.1, -0.05) is 194 Å². The average molecular weight is 711 g/mol. The first-order valence-corrected chi connectivity index (χ1v) is 20.5. The van der Waals surface area contributed by atoms with Crippen LogP contribution in [-0.4, -0.2) is 26.4 Å². The molecule has 0 radical (unpaired) electrons. The first-order valence-electron chi connectivity index (χ1n) is 17.9. The Bertz CT molecular complexity index is 2110. The summed E-state index contributed by atoms with van der Waals surface area (Å²) in [5.74, 6) is 0. The van der Waals surface area contributed by atoms with E-state index in [-0.39, 0.29) is 0 Å². The van der Waals surface area contributed by atoms with Crippen molar-refractivity contribution in [1.29, 1.82) is 0 Å². The molecule has 0 spiro atoms. The van der Waals surface area contributed by atoms with Crippen molar-refractivity contribution in [3.63, 3.8) is 0 Å². The Labute approximate surface area is 309 Å². The second kappa shape index (κ2) is 16.6. The molecule has 2 nitrogen and oxygen atoms in total. The summed E-state index contributed by atoms with van der Waals surface area (Å²) in [5, 5.41) is 13.3. The molecule has 0 amide bonds. The number of ether oxygens (including phenoxy) is 2. The number of hydrogen-bond acceptors (Lipinski definition) is 2. The van der Waals surface area contributed by atoms with Gasteiger partial charge in [-0.25, -0.2) is 0 Å². The Morgan fingerprint density at radius 2 is 0.577 bits per heavy atom. The summed E-state index contributed by atoms with van der Waals surface area (Å²) in [6.45, 7) is 3.11. The van der Waals surface area contributed by atoms with Crippen LogP contribution in [0.15, 0.2) is 194 Å². The lowest BCUT2D eigenvalue weighted by Crippen LogP contribution is -2.26. The fraction of sp³-hybridized carbons (Fsp3) is 0.0833. The van der Waals surface area contributed by atoms with Gasteiger partial charge in [-0.05, 0) is 80.3 Å².